The van der Waals surface area contributed by atoms with Gasteiger partial charge in [0.1, 0.15) is 5.82 Å². The molecule has 1 heterocycles. The number of nitrogens with zero attached hydrogens (tertiary/aromatic N) is 2. The van der Waals surface area contributed by atoms with E-state index in [1.807, 2.05) is 19.1 Å². The Hall–Kier alpha value is -0.890. The molecule has 1 fully saturated rings. The molecule has 0 aromatic heterocycles. The smallest absolute Gasteiger partial charge is 0.191 e. The Morgan fingerprint density at radius 3 is 2.56 bits per heavy atom. The Labute approximate surface area is 168 Å². The van der Waals surface area contributed by atoms with Gasteiger partial charge in [0.2, 0.25) is 0 Å². The number of rotatable bonds is 6. The van der Waals surface area contributed by atoms with Gasteiger partial charge in [-0.05, 0) is 63.4 Å². The van der Waals surface area contributed by atoms with Gasteiger partial charge in [-0.3, -0.25) is 9.89 Å². The minimum absolute atomic E-state index is 0. The molecule has 142 valence electrons. The van der Waals surface area contributed by atoms with Crippen molar-refractivity contribution in [1.29, 1.82) is 0 Å². The first kappa shape index (κ1) is 22.2. The summed E-state index contributed by atoms with van der Waals surface area (Å²) in [4.78, 5) is 6.86. The van der Waals surface area contributed by atoms with E-state index in [2.05, 4.69) is 27.4 Å². The van der Waals surface area contributed by atoms with Crippen molar-refractivity contribution in [2.75, 3.05) is 26.7 Å². The van der Waals surface area contributed by atoms with Crippen LogP contribution in [-0.4, -0.2) is 43.6 Å². The van der Waals surface area contributed by atoms with E-state index in [-0.39, 0.29) is 35.8 Å². The monoisotopic (exact) mass is 462 g/mol. The molecule has 0 amide bonds. The van der Waals surface area contributed by atoms with Gasteiger partial charge < -0.3 is 10.6 Å². The van der Waals surface area contributed by atoms with E-state index >= 15 is 0 Å². The van der Waals surface area contributed by atoms with E-state index in [0.717, 1.165) is 24.5 Å². The van der Waals surface area contributed by atoms with Crippen LogP contribution in [-0.2, 0) is 0 Å². The molecule has 2 unspecified atom stereocenters. The lowest BCUT2D eigenvalue weighted by atomic mass is 10.1. The summed E-state index contributed by atoms with van der Waals surface area (Å²) in [6, 6.07) is 5.91. The topological polar surface area (TPSA) is 39.7 Å². The number of guanidine groups is 1. The van der Waals surface area contributed by atoms with Crippen LogP contribution in [0.4, 0.5) is 4.39 Å². The van der Waals surface area contributed by atoms with Crippen molar-refractivity contribution in [1.82, 2.24) is 15.5 Å². The van der Waals surface area contributed by atoms with Crippen LogP contribution in [0.15, 0.2) is 23.2 Å². The number of likely N-dealkylation sites (tertiary alicyclic amines) is 1. The first-order valence-electron chi connectivity index (χ1n) is 9.02. The highest BCUT2D eigenvalue weighted by atomic mass is 127. The minimum Gasteiger partial charge on any atom is -0.355 e. The summed E-state index contributed by atoms with van der Waals surface area (Å²) >= 11 is 0. The normalized spacial score (nSPS) is 17.7. The molecule has 2 N–H and O–H groups in total. The summed E-state index contributed by atoms with van der Waals surface area (Å²) in [5, 5.41) is 6.78. The Morgan fingerprint density at radius 2 is 2.00 bits per heavy atom. The van der Waals surface area contributed by atoms with Crippen LogP contribution in [0.5, 0.6) is 0 Å². The zero-order valence-corrected chi connectivity index (χ0v) is 18.1. The number of halogens is 2. The number of nitrogens with one attached hydrogen (secondary N) is 2. The van der Waals surface area contributed by atoms with Crippen LogP contribution in [0.2, 0.25) is 0 Å². The van der Waals surface area contributed by atoms with Crippen LogP contribution in [0, 0.1) is 12.7 Å². The van der Waals surface area contributed by atoms with Gasteiger partial charge in [-0.1, -0.05) is 19.1 Å². The summed E-state index contributed by atoms with van der Waals surface area (Å²) in [6.45, 7) is 9.32. The molecule has 25 heavy (non-hydrogen) atoms. The predicted molar refractivity (Wildman–Crippen MR) is 114 cm³/mol. The largest absolute Gasteiger partial charge is 0.355 e. The average Bonchev–Trinajstić information content (AvgIpc) is 3.11. The molecule has 0 saturated carbocycles. The van der Waals surface area contributed by atoms with Gasteiger partial charge in [0, 0.05) is 19.6 Å². The number of hydrogen-bond acceptors (Lipinski definition) is 2. The summed E-state index contributed by atoms with van der Waals surface area (Å²) in [5.74, 6) is 0.602. The second-order valence-electron chi connectivity index (χ2n) is 6.63. The molecule has 0 aliphatic carbocycles. The van der Waals surface area contributed by atoms with Crippen molar-refractivity contribution in [3.8, 4) is 0 Å². The lowest BCUT2D eigenvalue weighted by Gasteiger charge is -2.28. The number of hydrogen-bond donors (Lipinski definition) is 2. The fourth-order valence-corrected chi connectivity index (χ4v) is 3.21. The first-order chi connectivity index (χ1) is 11.5. The second-order valence-corrected chi connectivity index (χ2v) is 6.63. The number of aryl methyl sites for hydroxylation is 1. The molecule has 1 aliphatic rings. The van der Waals surface area contributed by atoms with Crippen molar-refractivity contribution in [3.63, 3.8) is 0 Å². The predicted octanol–water partition coefficient (Wildman–Crippen LogP) is 3.85. The number of benzene rings is 1. The van der Waals surface area contributed by atoms with Crippen LogP contribution in [0.25, 0.3) is 0 Å². The van der Waals surface area contributed by atoms with Crippen LogP contribution in [0.1, 0.15) is 50.3 Å². The zero-order valence-electron chi connectivity index (χ0n) is 15.8. The summed E-state index contributed by atoms with van der Waals surface area (Å²) < 4.78 is 13.8. The lowest BCUT2D eigenvalue weighted by molar-refractivity contribution is 0.236. The van der Waals surface area contributed by atoms with Crippen LogP contribution in [0.3, 0.4) is 0 Å². The van der Waals surface area contributed by atoms with Gasteiger partial charge in [0.05, 0.1) is 6.04 Å². The molecule has 0 bridgehead atoms. The first-order valence-corrected chi connectivity index (χ1v) is 9.02. The highest BCUT2D eigenvalue weighted by Gasteiger charge is 2.20. The molecular weight excluding hydrogens is 430 g/mol. The van der Waals surface area contributed by atoms with Crippen molar-refractivity contribution in [2.24, 2.45) is 4.99 Å². The molecule has 2 atom stereocenters. The number of aliphatic imine (C=N–C) groups is 1. The molecule has 1 aliphatic heterocycles. The maximum atomic E-state index is 13.8. The fourth-order valence-electron chi connectivity index (χ4n) is 3.21. The maximum Gasteiger partial charge on any atom is 0.191 e. The van der Waals surface area contributed by atoms with Crippen molar-refractivity contribution >= 4 is 29.9 Å². The molecule has 6 heteroatoms. The Bertz CT molecular complexity index is 558. The van der Waals surface area contributed by atoms with Crippen LogP contribution < -0.4 is 10.6 Å². The van der Waals surface area contributed by atoms with Gasteiger partial charge in [0.25, 0.3) is 0 Å². The van der Waals surface area contributed by atoms with Gasteiger partial charge >= 0.3 is 0 Å². The Kier molecular flexibility index (Phi) is 9.71. The van der Waals surface area contributed by atoms with Crippen LogP contribution >= 0.6 is 24.0 Å². The third-order valence-electron chi connectivity index (χ3n) is 4.91. The van der Waals surface area contributed by atoms with Gasteiger partial charge in [0.15, 0.2) is 5.96 Å². The van der Waals surface area contributed by atoms with E-state index in [9.17, 15) is 4.39 Å². The Balaban J connectivity index is 0.00000312. The SMILES string of the molecule is CCC(CNC(=NC)NC(C)c1ccc(C)c(F)c1)N1CCCC1.I. The third kappa shape index (κ3) is 6.40. The van der Waals surface area contributed by atoms with Gasteiger partial charge in [-0.25, -0.2) is 4.39 Å². The molecule has 0 radical (unpaired) electrons. The average molecular weight is 462 g/mol. The zero-order chi connectivity index (χ0) is 17.5. The molecule has 1 aromatic carbocycles. The summed E-state index contributed by atoms with van der Waals surface area (Å²) in [7, 11) is 1.77. The van der Waals surface area contributed by atoms with Crippen molar-refractivity contribution in [3.05, 3.63) is 35.1 Å². The second kappa shape index (κ2) is 11.0. The van der Waals surface area contributed by atoms with E-state index in [4.69, 9.17) is 0 Å². The van der Waals surface area contributed by atoms with Gasteiger partial charge in [-0.15, -0.1) is 24.0 Å². The maximum absolute atomic E-state index is 13.8. The van der Waals surface area contributed by atoms with Crippen molar-refractivity contribution < 1.29 is 4.39 Å². The highest BCUT2D eigenvalue weighted by Crippen LogP contribution is 2.16. The van der Waals surface area contributed by atoms with E-state index in [1.165, 1.54) is 25.9 Å². The van der Waals surface area contributed by atoms with Crippen molar-refractivity contribution in [2.45, 2.75) is 52.1 Å². The quantitative estimate of drug-likeness (QED) is 0.383. The van der Waals surface area contributed by atoms with E-state index < -0.39 is 0 Å². The highest BCUT2D eigenvalue weighted by molar-refractivity contribution is 14.0. The molecular formula is C19H32FIN4. The Morgan fingerprint density at radius 1 is 1.32 bits per heavy atom. The fraction of sp³-hybridized carbons (Fsp3) is 0.632. The summed E-state index contributed by atoms with van der Waals surface area (Å²) in [6.07, 6.45) is 3.74. The third-order valence-corrected chi connectivity index (χ3v) is 4.91. The van der Waals surface area contributed by atoms with E-state index in [1.54, 1.807) is 20.0 Å². The van der Waals surface area contributed by atoms with Gasteiger partial charge in [-0.2, -0.15) is 0 Å². The molecule has 2 rings (SSSR count). The molecule has 0 spiro atoms. The molecule has 4 nitrogen and oxygen atoms in total. The van der Waals surface area contributed by atoms with E-state index in [0.29, 0.717) is 11.6 Å². The molecule has 1 aromatic rings. The lowest BCUT2D eigenvalue weighted by Crippen LogP contribution is -2.46. The molecule has 1 saturated heterocycles. The standard InChI is InChI=1S/C19H31FN4.HI/c1-5-17(24-10-6-7-11-24)13-22-19(21-4)23-15(3)16-9-8-14(2)18(20)12-16;/h8-9,12,15,17H,5-7,10-11,13H2,1-4H3,(H2,21,22,23);1H. The minimum atomic E-state index is -0.163. The summed E-state index contributed by atoms with van der Waals surface area (Å²) in [5.41, 5.74) is 1.59.